The summed E-state index contributed by atoms with van der Waals surface area (Å²) in [4.78, 5) is 27.1. The first-order valence-corrected chi connectivity index (χ1v) is 7.12. The Balaban J connectivity index is 1.78. The molecule has 1 amide bonds. The molecular weight excluding hydrogens is 296 g/mol. The molecule has 0 aliphatic heterocycles. The lowest BCUT2D eigenvalue weighted by atomic mass is 10.2. The van der Waals surface area contributed by atoms with E-state index in [1.807, 2.05) is 31.2 Å². The summed E-state index contributed by atoms with van der Waals surface area (Å²) >= 11 is 0. The quantitative estimate of drug-likeness (QED) is 0.651. The first-order chi connectivity index (χ1) is 11.1. The first kappa shape index (κ1) is 16.5. The van der Waals surface area contributed by atoms with Crippen molar-refractivity contribution < 1.29 is 19.1 Å². The van der Waals surface area contributed by atoms with Crippen LogP contribution in [0.2, 0.25) is 0 Å². The number of hydrogen-bond acceptors (Lipinski definition) is 5. The average molecular weight is 314 g/mol. The Morgan fingerprint density at radius 2 is 1.87 bits per heavy atom. The molecule has 0 aliphatic rings. The van der Waals surface area contributed by atoms with E-state index in [0.717, 1.165) is 11.3 Å². The third-order valence-electron chi connectivity index (χ3n) is 3.09. The third kappa shape index (κ3) is 4.81. The predicted molar refractivity (Wildman–Crippen MR) is 84.6 cm³/mol. The maximum absolute atomic E-state index is 11.9. The molecule has 0 saturated carbocycles. The molecule has 23 heavy (non-hydrogen) atoms. The number of benzene rings is 1. The number of carbonyl (C=O) groups is 2. The van der Waals surface area contributed by atoms with Gasteiger partial charge in [-0.2, -0.15) is 0 Å². The Labute approximate surface area is 134 Å². The number of nitrogens with one attached hydrogen (secondary N) is 1. The van der Waals surface area contributed by atoms with Crippen LogP contribution in [0.25, 0.3) is 0 Å². The Bertz CT molecular complexity index is 666. The molecule has 1 aromatic heterocycles. The molecule has 1 heterocycles. The fourth-order valence-corrected chi connectivity index (χ4v) is 1.83. The Morgan fingerprint density at radius 1 is 1.13 bits per heavy atom. The number of pyridine rings is 1. The van der Waals surface area contributed by atoms with Crippen LogP contribution in [0.15, 0.2) is 42.6 Å². The number of methoxy groups -OCH3 is 1. The molecule has 0 aliphatic carbocycles. The summed E-state index contributed by atoms with van der Waals surface area (Å²) in [5.74, 6) is -0.0599. The van der Waals surface area contributed by atoms with Crippen molar-refractivity contribution in [2.24, 2.45) is 0 Å². The van der Waals surface area contributed by atoms with Crippen LogP contribution in [0.4, 0.5) is 0 Å². The van der Waals surface area contributed by atoms with Gasteiger partial charge in [0.25, 0.3) is 5.91 Å². The van der Waals surface area contributed by atoms with E-state index in [4.69, 9.17) is 4.74 Å². The van der Waals surface area contributed by atoms with E-state index in [0.29, 0.717) is 18.7 Å². The zero-order valence-electron chi connectivity index (χ0n) is 13.0. The smallest absolute Gasteiger partial charge is 0.339 e. The minimum absolute atomic E-state index is 0.230. The highest BCUT2D eigenvalue weighted by atomic mass is 16.5. The Morgan fingerprint density at radius 3 is 2.48 bits per heavy atom. The molecule has 0 radical (unpaired) electrons. The second-order valence-electron chi connectivity index (χ2n) is 4.84. The number of aromatic nitrogens is 1. The van der Waals surface area contributed by atoms with Gasteiger partial charge in [-0.1, -0.05) is 17.7 Å². The maximum atomic E-state index is 11.9. The fraction of sp³-hybridized carbons (Fsp3) is 0.235. The van der Waals surface area contributed by atoms with Gasteiger partial charge in [0.15, 0.2) is 0 Å². The molecule has 0 unspecified atom stereocenters. The topological polar surface area (TPSA) is 77.5 Å². The number of carbonyl (C=O) groups excluding carboxylic acids is 2. The predicted octanol–water partition coefficient (Wildman–Crippen LogP) is 1.99. The van der Waals surface area contributed by atoms with E-state index in [-0.39, 0.29) is 11.6 Å². The second-order valence-corrected chi connectivity index (χ2v) is 4.84. The van der Waals surface area contributed by atoms with Gasteiger partial charge < -0.3 is 14.8 Å². The monoisotopic (exact) mass is 314 g/mol. The number of hydrogen-bond donors (Lipinski definition) is 1. The van der Waals surface area contributed by atoms with Crippen LogP contribution >= 0.6 is 0 Å². The largest absolute Gasteiger partial charge is 0.492 e. The maximum Gasteiger partial charge on any atom is 0.339 e. The van der Waals surface area contributed by atoms with Crippen molar-refractivity contribution in [1.29, 1.82) is 0 Å². The van der Waals surface area contributed by atoms with Gasteiger partial charge in [0, 0.05) is 6.20 Å². The van der Waals surface area contributed by atoms with Crippen molar-refractivity contribution in [3.63, 3.8) is 0 Å². The van der Waals surface area contributed by atoms with Crippen LogP contribution in [-0.4, -0.2) is 37.1 Å². The molecule has 6 nitrogen and oxygen atoms in total. The molecule has 0 fully saturated rings. The van der Waals surface area contributed by atoms with Crippen LogP contribution in [0.5, 0.6) is 5.75 Å². The normalized spacial score (nSPS) is 10.0. The van der Waals surface area contributed by atoms with Crippen molar-refractivity contribution >= 4 is 11.9 Å². The minimum Gasteiger partial charge on any atom is -0.492 e. The van der Waals surface area contributed by atoms with Gasteiger partial charge in [-0.25, -0.2) is 4.79 Å². The summed E-state index contributed by atoms with van der Waals surface area (Å²) in [6, 6.07) is 10.6. The molecule has 0 atom stereocenters. The zero-order chi connectivity index (χ0) is 16.7. The molecule has 1 N–H and O–H groups in total. The van der Waals surface area contributed by atoms with E-state index >= 15 is 0 Å². The van der Waals surface area contributed by atoms with Crippen molar-refractivity contribution in [3.05, 3.63) is 59.4 Å². The van der Waals surface area contributed by atoms with E-state index < -0.39 is 5.97 Å². The minimum atomic E-state index is -0.490. The molecule has 0 spiro atoms. The van der Waals surface area contributed by atoms with Crippen LogP contribution in [0, 0.1) is 6.92 Å². The molecule has 2 rings (SSSR count). The summed E-state index contributed by atoms with van der Waals surface area (Å²) in [6.45, 7) is 2.71. The third-order valence-corrected chi connectivity index (χ3v) is 3.09. The summed E-state index contributed by atoms with van der Waals surface area (Å²) in [7, 11) is 1.29. The lowest BCUT2D eigenvalue weighted by molar-refractivity contribution is 0.0599. The van der Waals surface area contributed by atoms with Crippen LogP contribution in [-0.2, 0) is 4.74 Å². The van der Waals surface area contributed by atoms with Crippen LogP contribution < -0.4 is 10.1 Å². The van der Waals surface area contributed by atoms with Gasteiger partial charge in [-0.15, -0.1) is 0 Å². The van der Waals surface area contributed by atoms with Gasteiger partial charge in [0.1, 0.15) is 18.1 Å². The number of rotatable bonds is 6. The molecule has 0 saturated heterocycles. The van der Waals surface area contributed by atoms with Gasteiger partial charge >= 0.3 is 5.97 Å². The van der Waals surface area contributed by atoms with E-state index in [2.05, 4.69) is 15.0 Å². The lowest BCUT2D eigenvalue weighted by Gasteiger charge is -2.08. The van der Waals surface area contributed by atoms with Crippen LogP contribution in [0.1, 0.15) is 26.4 Å². The second kappa shape index (κ2) is 7.93. The van der Waals surface area contributed by atoms with E-state index in [1.165, 1.54) is 25.4 Å². The fourth-order valence-electron chi connectivity index (χ4n) is 1.83. The standard InChI is InChI=1S/C17H18N2O4/c1-12-3-6-14(7-4-12)23-10-9-18-16(20)15-8-5-13(11-19-15)17(21)22-2/h3-8,11H,9-10H2,1-2H3,(H,18,20). The van der Waals surface area contributed by atoms with Gasteiger partial charge in [0.2, 0.25) is 0 Å². The Kier molecular flexibility index (Phi) is 5.68. The van der Waals surface area contributed by atoms with E-state index in [9.17, 15) is 9.59 Å². The highest BCUT2D eigenvalue weighted by Gasteiger charge is 2.10. The van der Waals surface area contributed by atoms with Crippen molar-refractivity contribution in [3.8, 4) is 5.75 Å². The van der Waals surface area contributed by atoms with Crippen molar-refractivity contribution in [1.82, 2.24) is 10.3 Å². The zero-order valence-corrected chi connectivity index (χ0v) is 13.0. The molecule has 1 aromatic carbocycles. The molecule has 6 heteroatoms. The number of nitrogens with zero attached hydrogens (tertiary/aromatic N) is 1. The summed E-state index contributed by atoms with van der Waals surface area (Å²) in [6.07, 6.45) is 1.31. The van der Waals surface area contributed by atoms with Crippen LogP contribution in [0.3, 0.4) is 0 Å². The summed E-state index contributed by atoms with van der Waals surface area (Å²) < 4.78 is 10.1. The number of esters is 1. The number of amides is 1. The number of aryl methyl sites for hydroxylation is 1. The Hall–Kier alpha value is -2.89. The highest BCUT2D eigenvalue weighted by molar-refractivity contribution is 5.94. The highest BCUT2D eigenvalue weighted by Crippen LogP contribution is 2.10. The number of ether oxygens (including phenoxy) is 2. The molecule has 120 valence electrons. The molecular formula is C17H18N2O4. The van der Waals surface area contributed by atoms with E-state index in [1.54, 1.807) is 0 Å². The van der Waals surface area contributed by atoms with Gasteiger partial charge in [-0.05, 0) is 31.2 Å². The SMILES string of the molecule is COC(=O)c1ccc(C(=O)NCCOc2ccc(C)cc2)nc1. The summed E-state index contributed by atoms with van der Waals surface area (Å²) in [5.41, 5.74) is 1.69. The average Bonchev–Trinajstić information content (AvgIpc) is 2.59. The molecule has 0 bridgehead atoms. The lowest BCUT2D eigenvalue weighted by Crippen LogP contribution is -2.28. The van der Waals surface area contributed by atoms with Crippen molar-refractivity contribution in [2.45, 2.75) is 6.92 Å². The van der Waals surface area contributed by atoms with Gasteiger partial charge in [0.05, 0.1) is 19.2 Å². The first-order valence-electron chi connectivity index (χ1n) is 7.12. The van der Waals surface area contributed by atoms with Crippen molar-refractivity contribution in [2.75, 3.05) is 20.3 Å². The van der Waals surface area contributed by atoms with Gasteiger partial charge in [-0.3, -0.25) is 9.78 Å². The summed E-state index contributed by atoms with van der Waals surface area (Å²) in [5, 5.41) is 2.70. The molecule has 2 aromatic rings.